The van der Waals surface area contributed by atoms with Gasteiger partial charge in [0.1, 0.15) is 6.33 Å². The Hall–Kier alpha value is -3.13. The molecule has 0 radical (unpaired) electrons. The number of nitrogens with one attached hydrogen (secondary N) is 2. The highest BCUT2D eigenvalue weighted by atomic mass is 32.2. The Morgan fingerprint density at radius 1 is 1.11 bits per heavy atom. The van der Waals surface area contributed by atoms with Crippen LogP contribution in [0.3, 0.4) is 0 Å². The van der Waals surface area contributed by atoms with Gasteiger partial charge in [0, 0.05) is 18.3 Å². The van der Waals surface area contributed by atoms with Gasteiger partial charge < -0.3 is 10.6 Å². The lowest BCUT2D eigenvalue weighted by molar-refractivity contribution is -0.114. The second-order valence-corrected chi connectivity index (χ2v) is 7.24. The average molecular weight is 395 g/mol. The molecule has 0 atom stereocenters. The fraction of sp³-hybridized carbons (Fsp3) is 0.200. The van der Waals surface area contributed by atoms with E-state index in [0.717, 1.165) is 22.5 Å². The molecule has 0 saturated carbocycles. The molecule has 3 aromatic rings. The van der Waals surface area contributed by atoms with Crippen molar-refractivity contribution >= 4 is 35.0 Å². The minimum absolute atomic E-state index is 0.111. The molecule has 0 spiro atoms. The van der Waals surface area contributed by atoms with E-state index in [1.807, 2.05) is 50.2 Å². The fourth-order valence-electron chi connectivity index (χ4n) is 2.64. The van der Waals surface area contributed by atoms with Crippen molar-refractivity contribution in [3.8, 4) is 5.69 Å². The van der Waals surface area contributed by atoms with Gasteiger partial charge in [0.15, 0.2) is 5.16 Å². The van der Waals surface area contributed by atoms with E-state index in [1.54, 1.807) is 17.0 Å². The third kappa shape index (κ3) is 4.77. The lowest BCUT2D eigenvalue weighted by atomic mass is 10.1. The minimum atomic E-state index is -0.140. The van der Waals surface area contributed by atoms with E-state index in [2.05, 4.69) is 20.8 Å². The van der Waals surface area contributed by atoms with E-state index >= 15 is 0 Å². The van der Waals surface area contributed by atoms with Crippen molar-refractivity contribution in [1.29, 1.82) is 0 Å². The summed E-state index contributed by atoms with van der Waals surface area (Å²) in [7, 11) is 0. The fourth-order valence-corrected chi connectivity index (χ4v) is 3.37. The molecule has 1 heterocycles. The molecule has 0 fully saturated rings. The van der Waals surface area contributed by atoms with E-state index in [9.17, 15) is 9.59 Å². The lowest BCUT2D eigenvalue weighted by Crippen LogP contribution is -2.15. The van der Waals surface area contributed by atoms with Crippen molar-refractivity contribution in [2.75, 3.05) is 16.4 Å². The van der Waals surface area contributed by atoms with Crippen LogP contribution in [0.2, 0.25) is 0 Å². The number of benzene rings is 2. The van der Waals surface area contributed by atoms with Gasteiger partial charge >= 0.3 is 0 Å². The molecule has 0 aliphatic rings. The number of aromatic nitrogens is 3. The zero-order chi connectivity index (χ0) is 20.1. The summed E-state index contributed by atoms with van der Waals surface area (Å²) in [5.74, 6) is -0.0452. The predicted molar refractivity (Wildman–Crippen MR) is 111 cm³/mol. The van der Waals surface area contributed by atoms with Gasteiger partial charge in [-0.2, -0.15) is 0 Å². The summed E-state index contributed by atoms with van der Waals surface area (Å²) in [6.07, 6.45) is 1.58. The van der Waals surface area contributed by atoms with E-state index in [-0.39, 0.29) is 17.6 Å². The number of carbonyl (C=O) groups is 2. The largest absolute Gasteiger partial charge is 0.326 e. The number of anilines is 2. The number of carbonyl (C=O) groups excluding carboxylic acids is 2. The number of hydrogen-bond acceptors (Lipinski definition) is 5. The Balaban J connectivity index is 1.68. The number of aryl methyl sites for hydroxylation is 1. The lowest BCUT2D eigenvalue weighted by Gasteiger charge is -2.11. The minimum Gasteiger partial charge on any atom is -0.326 e. The Labute approximate surface area is 167 Å². The summed E-state index contributed by atoms with van der Waals surface area (Å²) in [4.78, 5) is 23.6. The first-order chi connectivity index (χ1) is 13.4. The van der Waals surface area contributed by atoms with Gasteiger partial charge in [0.25, 0.3) is 0 Å². The predicted octanol–water partition coefficient (Wildman–Crippen LogP) is 3.57. The van der Waals surface area contributed by atoms with Gasteiger partial charge in [0.2, 0.25) is 11.8 Å². The van der Waals surface area contributed by atoms with E-state index in [1.165, 1.54) is 18.7 Å². The van der Waals surface area contributed by atoms with Gasteiger partial charge in [-0.25, -0.2) is 0 Å². The molecular weight excluding hydrogens is 374 g/mol. The van der Waals surface area contributed by atoms with Crippen LogP contribution in [0.25, 0.3) is 5.69 Å². The quantitative estimate of drug-likeness (QED) is 0.623. The smallest absolute Gasteiger partial charge is 0.234 e. The second-order valence-electron chi connectivity index (χ2n) is 6.30. The van der Waals surface area contributed by atoms with Crippen LogP contribution >= 0.6 is 11.8 Å². The maximum Gasteiger partial charge on any atom is 0.234 e. The number of nitrogens with zero attached hydrogens (tertiary/aromatic N) is 3. The van der Waals surface area contributed by atoms with Crippen LogP contribution in [0.4, 0.5) is 11.4 Å². The zero-order valence-electron chi connectivity index (χ0n) is 15.9. The first-order valence-corrected chi connectivity index (χ1v) is 9.69. The summed E-state index contributed by atoms with van der Waals surface area (Å²) in [5.41, 5.74) is 4.48. The van der Waals surface area contributed by atoms with Crippen molar-refractivity contribution in [3.63, 3.8) is 0 Å². The monoisotopic (exact) mass is 395 g/mol. The zero-order valence-corrected chi connectivity index (χ0v) is 16.7. The molecule has 2 N–H and O–H groups in total. The molecule has 2 aromatic carbocycles. The van der Waals surface area contributed by atoms with Crippen molar-refractivity contribution in [1.82, 2.24) is 14.8 Å². The summed E-state index contributed by atoms with van der Waals surface area (Å²) >= 11 is 1.30. The van der Waals surface area contributed by atoms with E-state index in [0.29, 0.717) is 10.8 Å². The first kappa shape index (κ1) is 19.6. The molecule has 1 aromatic heterocycles. The SMILES string of the molecule is CC(=O)Nc1cccc(-n2cnnc2SCC(=O)Nc2cccc(C)c2C)c1. The number of hydrogen-bond donors (Lipinski definition) is 2. The van der Waals surface area contributed by atoms with Gasteiger partial charge in [-0.3, -0.25) is 14.2 Å². The average Bonchev–Trinajstić information content (AvgIpc) is 3.12. The molecular formula is C20H21N5O2S. The summed E-state index contributed by atoms with van der Waals surface area (Å²) in [5, 5.41) is 14.3. The molecule has 2 amide bonds. The van der Waals surface area contributed by atoms with E-state index < -0.39 is 0 Å². The van der Waals surface area contributed by atoms with Crippen molar-refractivity contribution in [3.05, 3.63) is 59.9 Å². The standard InChI is InChI=1S/C20H21N5O2S/c1-13-6-4-9-18(14(13)2)23-19(27)11-28-20-24-21-12-25(20)17-8-5-7-16(10-17)22-15(3)26/h4-10,12H,11H2,1-3H3,(H,22,26)(H,23,27). The summed E-state index contributed by atoms with van der Waals surface area (Å²) in [6, 6.07) is 13.2. The van der Waals surface area contributed by atoms with Gasteiger partial charge in [-0.15, -0.1) is 10.2 Å². The Bertz CT molecular complexity index is 1020. The number of amides is 2. The molecule has 0 aliphatic heterocycles. The molecule has 7 nitrogen and oxygen atoms in total. The molecule has 0 unspecified atom stereocenters. The highest BCUT2D eigenvalue weighted by Gasteiger charge is 2.12. The first-order valence-electron chi connectivity index (χ1n) is 8.71. The maximum atomic E-state index is 12.4. The van der Waals surface area contributed by atoms with E-state index in [4.69, 9.17) is 0 Å². The topological polar surface area (TPSA) is 88.9 Å². The number of rotatable bonds is 6. The molecule has 0 aliphatic carbocycles. The van der Waals surface area contributed by atoms with Crippen LogP contribution in [0.1, 0.15) is 18.1 Å². The highest BCUT2D eigenvalue weighted by Crippen LogP contribution is 2.23. The van der Waals surface area contributed by atoms with Crippen LogP contribution in [0, 0.1) is 13.8 Å². The Morgan fingerprint density at radius 3 is 2.68 bits per heavy atom. The Kier molecular flexibility index (Phi) is 6.10. The van der Waals surface area contributed by atoms with Crippen LogP contribution in [0.15, 0.2) is 53.9 Å². The highest BCUT2D eigenvalue weighted by molar-refractivity contribution is 7.99. The summed E-state index contributed by atoms with van der Waals surface area (Å²) < 4.78 is 1.78. The normalized spacial score (nSPS) is 10.5. The Morgan fingerprint density at radius 2 is 1.89 bits per heavy atom. The van der Waals surface area contributed by atoms with Crippen LogP contribution in [0.5, 0.6) is 0 Å². The molecule has 144 valence electrons. The maximum absolute atomic E-state index is 12.4. The van der Waals surface area contributed by atoms with Crippen molar-refractivity contribution in [2.24, 2.45) is 0 Å². The van der Waals surface area contributed by atoms with Crippen molar-refractivity contribution < 1.29 is 9.59 Å². The summed E-state index contributed by atoms with van der Waals surface area (Å²) in [6.45, 7) is 5.45. The van der Waals surface area contributed by atoms with Gasteiger partial charge in [-0.1, -0.05) is 30.0 Å². The van der Waals surface area contributed by atoms with Gasteiger partial charge in [0.05, 0.1) is 11.4 Å². The molecule has 8 heteroatoms. The molecule has 0 saturated heterocycles. The van der Waals surface area contributed by atoms with Crippen LogP contribution < -0.4 is 10.6 Å². The molecule has 3 rings (SSSR count). The molecule has 28 heavy (non-hydrogen) atoms. The number of thioether (sulfide) groups is 1. The third-order valence-electron chi connectivity index (χ3n) is 4.17. The second kappa shape index (κ2) is 8.71. The molecule has 0 bridgehead atoms. The van der Waals surface area contributed by atoms with Crippen molar-refractivity contribution in [2.45, 2.75) is 25.9 Å². The van der Waals surface area contributed by atoms with Gasteiger partial charge in [-0.05, 0) is 49.2 Å². The third-order valence-corrected chi connectivity index (χ3v) is 5.12. The van der Waals surface area contributed by atoms with Crippen LogP contribution in [-0.4, -0.2) is 32.3 Å². The van der Waals surface area contributed by atoms with Crippen LogP contribution in [-0.2, 0) is 9.59 Å².